The zero-order valence-corrected chi connectivity index (χ0v) is 11.9. The molecule has 0 radical (unpaired) electrons. The standard InChI is InChI=1S/C13H26BNO4/c1-3-11-6-5-10(7-8-14(18)19)9-13(11,12(16)17)15-4-2/h10-11,15,18-19H,3-9H2,1-2H3,(H,16,17)/t10-,11+,13+/m0/s1. The van der Waals surface area contributed by atoms with Crippen molar-refractivity contribution in [2.24, 2.45) is 11.8 Å². The highest BCUT2D eigenvalue weighted by atomic mass is 16.4. The number of carbonyl (C=O) groups is 1. The highest BCUT2D eigenvalue weighted by molar-refractivity contribution is 6.40. The molecule has 0 aromatic heterocycles. The van der Waals surface area contributed by atoms with Crippen molar-refractivity contribution in [2.45, 2.75) is 57.8 Å². The Morgan fingerprint density at radius 2 is 2.05 bits per heavy atom. The summed E-state index contributed by atoms with van der Waals surface area (Å²) in [5.74, 6) is -0.365. The van der Waals surface area contributed by atoms with Crippen LogP contribution in [0.5, 0.6) is 0 Å². The van der Waals surface area contributed by atoms with E-state index in [9.17, 15) is 9.90 Å². The van der Waals surface area contributed by atoms with Crippen LogP contribution in [0.4, 0.5) is 0 Å². The molecule has 1 saturated carbocycles. The Hall–Kier alpha value is -0.585. The number of hydrogen-bond donors (Lipinski definition) is 4. The molecule has 6 heteroatoms. The minimum absolute atomic E-state index is 0.153. The highest BCUT2D eigenvalue weighted by Crippen LogP contribution is 2.41. The largest absolute Gasteiger partial charge is 0.480 e. The van der Waals surface area contributed by atoms with E-state index < -0.39 is 18.6 Å². The molecule has 19 heavy (non-hydrogen) atoms. The van der Waals surface area contributed by atoms with Crippen molar-refractivity contribution in [3.8, 4) is 0 Å². The molecule has 1 aliphatic rings. The summed E-state index contributed by atoms with van der Waals surface area (Å²) < 4.78 is 0. The molecule has 0 amide bonds. The van der Waals surface area contributed by atoms with E-state index in [4.69, 9.17) is 10.0 Å². The van der Waals surface area contributed by atoms with Crippen molar-refractivity contribution in [1.82, 2.24) is 5.32 Å². The Morgan fingerprint density at radius 3 is 2.53 bits per heavy atom. The van der Waals surface area contributed by atoms with Gasteiger partial charge in [-0.2, -0.15) is 0 Å². The van der Waals surface area contributed by atoms with Gasteiger partial charge in [0.1, 0.15) is 5.54 Å². The molecule has 1 aliphatic carbocycles. The van der Waals surface area contributed by atoms with E-state index in [0.29, 0.717) is 25.7 Å². The lowest BCUT2D eigenvalue weighted by atomic mass is 9.65. The molecular weight excluding hydrogens is 245 g/mol. The molecule has 0 aromatic carbocycles. The fraction of sp³-hybridized carbons (Fsp3) is 0.923. The van der Waals surface area contributed by atoms with Crippen LogP contribution in [-0.2, 0) is 4.79 Å². The SMILES string of the molecule is CCN[C@]1(C(=O)O)C[C@H](CCB(O)O)CC[C@H]1CC. The second kappa shape index (κ2) is 7.26. The number of carboxylic acids is 1. The van der Waals surface area contributed by atoms with Gasteiger partial charge < -0.3 is 20.5 Å². The Labute approximate surface area is 115 Å². The first-order valence-corrected chi connectivity index (χ1v) is 7.30. The molecule has 0 heterocycles. The summed E-state index contributed by atoms with van der Waals surface area (Å²) >= 11 is 0. The third-order valence-corrected chi connectivity index (χ3v) is 4.43. The quantitative estimate of drug-likeness (QED) is 0.521. The van der Waals surface area contributed by atoms with E-state index in [2.05, 4.69) is 5.32 Å². The summed E-state index contributed by atoms with van der Waals surface area (Å²) in [7, 11) is -1.29. The molecule has 0 bridgehead atoms. The molecule has 3 atom stereocenters. The van der Waals surface area contributed by atoms with E-state index in [1.54, 1.807) is 0 Å². The van der Waals surface area contributed by atoms with Crippen molar-refractivity contribution in [3.05, 3.63) is 0 Å². The van der Waals surface area contributed by atoms with Gasteiger partial charge in [-0.05, 0) is 37.5 Å². The number of likely N-dealkylation sites (N-methyl/N-ethyl adjacent to an activating group) is 1. The van der Waals surface area contributed by atoms with E-state index >= 15 is 0 Å². The van der Waals surface area contributed by atoms with Crippen molar-refractivity contribution in [1.29, 1.82) is 0 Å². The smallest absolute Gasteiger partial charge is 0.451 e. The monoisotopic (exact) mass is 271 g/mol. The molecule has 0 spiro atoms. The molecule has 0 unspecified atom stereocenters. The molecule has 1 rings (SSSR count). The lowest BCUT2D eigenvalue weighted by molar-refractivity contribution is -0.150. The third-order valence-electron chi connectivity index (χ3n) is 4.43. The van der Waals surface area contributed by atoms with Crippen LogP contribution in [0, 0.1) is 11.8 Å². The van der Waals surface area contributed by atoms with Gasteiger partial charge in [0.05, 0.1) is 0 Å². The maximum Gasteiger partial charge on any atom is 0.451 e. The number of aliphatic carboxylic acids is 1. The van der Waals surface area contributed by atoms with Crippen LogP contribution in [0.3, 0.4) is 0 Å². The molecular formula is C13H26BNO4. The van der Waals surface area contributed by atoms with Crippen molar-refractivity contribution >= 4 is 13.1 Å². The highest BCUT2D eigenvalue weighted by Gasteiger charge is 2.48. The zero-order valence-electron chi connectivity index (χ0n) is 11.9. The minimum Gasteiger partial charge on any atom is -0.480 e. The average molecular weight is 271 g/mol. The maximum absolute atomic E-state index is 11.8. The summed E-state index contributed by atoms with van der Waals surface area (Å²) in [6.45, 7) is 4.61. The fourth-order valence-electron chi connectivity index (χ4n) is 3.46. The van der Waals surface area contributed by atoms with E-state index in [1.807, 2.05) is 13.8 Å². The Kier molecular flexibility index (Phi) is 6.30. The lowest BCUT2D eigenvalue weighted by Gasteiger charge is -2.44. The molecule has 5 nitrogen and oxygen atoms in total. The van der Waals surface area contributed by atoms with Gasteiger partial charge in [-0.25, -0.2) is 0 Å². The van der Waals surface area contributed by atoms with Crippen LogP contribution in [0.25, 0.3) is 0 Å². The van der Waals surface area contributed by atoms with Crippen LogP contribution in [-0.4, -0.2) is 40.3 Å². The van der Waals surface area contributed by atoms with E-state index in [0.717, 1.165) is 19.3 Å². The molecule has 1 fully saturated rings. The predicted octanol–water partition coefficient (Wildman–Crippen LogP) is 1.11. The summed E-state index contributed by atoms with van der Waals surface area (Å²) in [4.78, 5) is 11.8. The van der Waals surface area contributed by atoms with Crippen LogP contribution in [0.1, 0.15) is 46.0 Å². The molecule has 0 saturated heterocycles. The number of hydrogen-bond acceptors (Lipinski definition) is 4. The first kappa shape index (κ1) is 16.5. The molecule has 4 N–H and O–H groups in total. The molecule has 0 aromatic rings. The van der Waals surface area contributed by atoms with Gasteiger partial charge in [0.2, 0.25) is 0 Å². The van der Waals surface area contributed by atoms with Gasteiger partial charge in [-0.1, -0.05) is 33.1 Å². The second-order valence-corrected chi connectivity index (χ2v) is 5.62. The van der Waals surface area contributed by atoms with Gasteiger partial charge in [-0.3, -0.25) is 4.79 Å². The Morgan fingerprint density at radius 1 is 1.37 bits per heavy atom. The minimum atomic E-state index is -1.29. The van der Waals surface area contributed by atoms with Crippen LogP contribution >= 0.6 is 0 Å². The van der Waals surface area contributed by atoms with Crippen molar-refractivity contribution in [3.63, 3.8) is 0 Å². The van der Waals surface area contributed by atoms with Crippen molar-refractivity contribution in [2.75, 3.05) is 6.54 Å². The Bertz CT molecular complexity index is 300. The summed E-state index contributed by atoms with van der Waals surface area (Å²) in [5.41, 5.74) is -0.840. The van der Waals surface area contributed by atoms with Gasteiger partial charge in [0, 0.05) is 0 Å². The number of rotatable bonds is 7. The van der Waals surface area contributed by atoms with Gasteiger partial charge in [-0.15, -0.1) is 0 Å². The van der Waals surface area contributed by atoms with E-state index in [1.165, 1.54) is 0 Å². The lowest BCUT2D eigenvalue weighted by Crippen LogP contribution is -2.60. The third kappa shape index (κ3) is 3.94. The van der Waals surface area contributed by atoms with Crippen LogP contribution in [0.15, 0.2) is 0 Å². The number of nitrogens with one attached hydrogen (secondary N) is 1. The van der Waals surface area contributed by atoms with Crippen molar-refractivity contribution < 1.29 is 19.9 Å². The maximum atomic E-state index is 11.8. The second-order valence-electron chi connectivity index (χ2n) is 5.62. The Balaban J connectivity index is 2.79. The topological polar surface area (TPSA) is 89.8 Å². The molecule has 0 aliphatic heterocycles. The van der Waals surface area contributed by atoms with E-state index in [-0.39, 0.29) is 11.8 Å². The normalized spacial score (nSPS) is 31.2. The first-order chi connectivity index (χ1) is 8.96. The summed E-state index contributed by atoms with van der Waals surface area (Å²) in [6.07, 6.45) is 4.31. The van der Waals surface area contributed by atoms with Crippen LogP contribution in [0.2, 0.25) is 6.32 Å². The predicted molar refractivity (Wildman–Crippen MR) is 74.8 cm³/mol. The average Bonchev–Trinajstić information content (AvgIpc) is 2.36. The van der Waals surface area contributed by atoms with Gasteiger partial charge in [0.25, 0.3) is 0 Å². The number of carboxylic acid groups (broad SMARTS) is 1. The first-order valence-electron chi connectivity index (χ1n) is 7.30. The van der Waals surface area contributed by atoms with Gasteiger partial charge in [0.15, 0.2) is 0 Å². The summed E-state index contributed by atoms with van der Waals surface area (Å²) in [6, 6.07) is 0. The molecule has 110 valence electrons. The van der Waals surface area contributed by atoms with Gasteiger partial charge >= 0.3 is 13.1 Å². The zero-order chi connectivity index (χ0) is 14.5. The van der Waals surface area contributed by atoms with Crippen LogP contribution < -0.4 is 5.32 Å². The fourth-order valence-corrected chi connectivity index (χ4v) is 3.46. The summed E-state index contributed by atoms with van der Waals surface area (Å²) in [5, 5.41) is 30.7.